The lowest BCUT2D eigenvalue weighted by atomic mass is 9.90. The van der Waals surface area contributed by atoms with E-state index in [2.05, 4.69) is 25.5 Å². The van der Waals surface area contributed by atoms with Crippen LogP contribution in [0, 0.1) is 0 Å². The predicted molar refractivity (Wildman–Crippen MR) is 136 cm³/mol. The van der Waals surface area contributed by atoms with Gasteiger partial charge in [0, 0.05) is 62.8 Å². The molecular weight excluding hydrogens is 458 g/mol. The fraction of sp³-hybridized carbons (Fsp3) is 0.538. The molecule has 5 rings (SSSR count). The molecule has 0 spiro atoms. The van der Waals surface area contributed by atoms with Crippen LogP contribution in [0.4, 0.5) is 0 Å². The van der Waals surface area contributed by atoms with Crippen LogP contribution >= 0.6 is 0 Å². The highest BCUT2D eigenvalue weighted by Gasteiger charge is 2.31. The fourth-order valence-electron chi connectivity index (χ4n) is 5.49. The number of fused-ring (bicyclic) bond motifs is 2. The number of benzene rings is 1. The van der Waals surface area contributed by atoms with Crippen LogP contribution in [0.3, 0.4) is 0 Å². The molecular formula is C26H35N7O3. The second kappa shape index (κ2) is 10.3. The third kappa shape index (κ3) is 4.82. The molecule has 0 fully saturated rings. The third-order valence-electron chi connectivity index (χ3n) is 7.61. The molecule has 2 amide bonds. The summed E-state index contributed by atoms with van der Waals surface area (Å²) >= 11 is 0. The average Bonchev–Trinajstić information content (AvgIpc) is 3.44. The summed E-state index contributed by atoms with van der Waals surface area (Å²) < 4.78 is 7.23. The first kappa shape index (κ1) is 24.3. The van der Waals surface area contributed by atoms with Gasteiger partial charge in [-0.25, -0.2) is 0 Å². The SMILES string of the molecule is COc1ccc2n[nH]c(CN3CCCNC(=O)c4nn(C)c5c4CC(CC5)N(C)C(=O)CCC3)c2c1. The molecule has 3 aromatic rings. The van der Waals surface area contributed by atoms with E-state index in [1.165, 1.54) is 0 Å². The first-order valence-electron chi connectivity index (χ1n) is 12.8. The van der Waals surface area contributed by atoms with E-state index in [0.717, 1.165) is 72.4 Å². The van der Waals surface area contributed by atoms with Gasteiger partial charge in [0.25, 0.3) is 5.91 Å². The number of rotatable bonds is 3. The lowest BCUT2D eigenvalue weighted by Gasteiger charge is -2.32. The van der Waals surface area contributed by atoms with E-state index in [4.69, 9.17) is 4.74 Å². The molecule has 2 bridgehead atoms. The van der Waals surface area contributed by atoms with Crippen LogP contribution in [0.1, 0.15) is 53.1 Å². The highest BCUT2D eigenvalue weighted by Crippen LogP contribution is 2.27. The summed E-state index contributed by atoms with van der Waals surface area (Å²) in [5, 5.41) is 16.3. The Labute approximate surface area is 211 Å². The quantitative estimate of drug-likeness (QED) is 0.578. The van der Waals surface area contributed by atoms with E-state index in [0.29, 0.717) is 31.6 Å². The molecule has 0 saturated heterocycles. The van der Waals surface area contributed by atoms with Crippen molar-refractivity contribution in [1.29, 1.82) is 0 Å². The molecule has 10 heteroatoms. The highest BCUT2D eigenvalue weighted by atomic mass is 16.5. The van der Waals surface area contributed by atoms with Crippen LogP contribution in [0.5, 0.6) is 5.75 Å². The molecule has 0 radical (unpaired) electrons. The standard InChI is InChI=1S/C26H35N7O3/c1-31-17-7-10-23-20(14-17)25(30-32(23)2)26(35)27-11-5-13-33(12-4-6-24(31)34)16-22-19-15-18(36-3)8-9-21(19)28-29-22/h8-9,15,17H,4-7,10-14,16H2,1-3H3,(H,27,35)(H,28,29). The van der Waals surface area contributed by atoms with Crippen molar-refractivity contribution < 1.29 is 14.3 Å². The van der Waals surface area contributed by atoms with Gasteiger partial charge in [-0.15, -0.1) is 0 Å². The van der Waals surface area contributed by atoms with Gasteiger partial charge in [0.2, 0.25) is 5.91 Å². The summed E-state index contributed by atoms with van der Waals surface area (Å²) in [6.07, 6.45) is 4.47. The fourth-order valence-corrected chi connectivity index (χ4v) is 5.49. The summed E-state index contributed by atoms with van der Waals surface area (Å²) in [4.78, 5) is 30.3. The number of ether oxygens (including phenoxy) is 1. The molecule has 3 heterocycles. The summed E-state index contributed by atoms with van der Waals surface area (Å²) in [6, 6.07) is 5.95. The lowest BCUT2D eigenvalue weighted by molar-refractivity contribution is -0.132. The first-order chi connectivity index (χ1) is 17.4. The zero-order chi connectivity index (χ0) is 25.2. The molecule has 0 saturated carbocycles. The van der Waals surface area contributed by atoms with Gasteiger partial charge >= 0.3 is 0 Å². The topological polar surface area (TPSA) is 108 Å². The Hall–Kier alpha value is -3.40. The van der Waals surface area contributed by atoms with Crippen molar-refractivity contribution in [1.82, 2.24) is 35.1 Å². The minimum atomic E-state index is -0.130. The minimum Gasteiger partial charge on any atom is -0.497 e. The van der Waals surface area contributed by atoms with Crippen molar-refractivity contribution in [3.8, 4) is 5.75 Å². The molecule has 1 atom stereocenters. The number of aryl methyl sites for hydroxylation is 1. The zero-order valence-corrected chi connectivity index (χ0v) is 21.3. The number of carbonyl (C=O) groups excluding carboxylic acids is 2. The molecule has 192 valence electrons. The normalized spacial score (nSPS) is 20.2. The number of nitrogens with zero attached hydrogens (tertiary/aromatic N) is 5. The lowest BCUT2D eigenvalue weighted by Crippen LogP contribution is -2.41. The van der Waals surface area contributed by atoms with Crippen molar-refractivity contribution in [2.45, 2.75) is 51.1 Å². The van der Waals surface area contributed by atoms with Crippen LogP contribution in [0.25, 0.3) is 10.9 Å². The number of likely N-dealkylation sites (N-methyl/N-ethyl adjacent to an activating group) is 1. The molecule has 1 unspecified atom stereocenters. The smallest absolute Gasteiger partial charge is 0.272 e. The Morgan fingerprint density at radius 2 is 1.97 bits per heavy atom. The number of aromatic nitrogens is 4. The summed E-state index contributed by atoms with van der Waals surface area (Å²) in [7, 11) is 5.46. The number of carbonyl (C=O) groups is 2. The van der Waals surface area contributed by atoms with Crippen molar-refractivity contribution in [3.05, 3.63) is 40.8 Å². The van der Waals surface area contributed by atoms with Crippen molar-refractivity contribution in [3.63, 3.8) is 0 Å². The number of methoxy groups -OCH3 is 1. The molecule has 2 aliphatic rings. The monoisotopic (exact) mass is 493 g/mol. The largest absolute Gasteiger partial charge is 0.497 e. The Morgan fingerprint density at radius 3 is 2.81 bits per heavy atom. The minimum absolute atomic E-state index is 0.0910. The van der Waals surface area contributed by atoms with Crippen molar-refractivity contribution in [2.75, 3.05) is 33.8 Å². The molecule has 2 N–H and O–H groups in total. The zero-order valence-electron chi connectivity index (χ0n) is 21.3. The van der Waals surface area contributed by atoms with Gasteiger partial charge in [0.1, 0.15) is 5.75 Å². The Bertz CT molecular complexity index is 1260. The number of aromatic amines is 1. The number of hydrogen-bond donors (Lipinski definition) is 2. The van der Waals surface area contributed by atoms with Gasteiger partial charge in [-0.3, -0.25) is 24.3 Å². The van der Waals surface area contributed by atoms with Gasteiger partial charge < -0.3 is 15.0 Å². The van der Waals surface area contributed by atoms with Gasteiger partial charge in [-0.1, -0.05) is 0 Å². The van der Waals surface area contributed by atoms with Gasteiger partial charge in [-0.05, 0) is 56.8 Å². The third-order valence-corrected chi connectivity index (χ3v) is 7.61. The van der Waals surface area contributed by atoms with E-state index in [1.807, 2.05) is 41.9 Å². The first-order valence-corrected chi connectivity index (χ1v) is 12.8. The Morgan fingerprint density at radius 1 is 1.14 bits per heavy atom. The molecule has 10 nitrogen and oxygen atoms in total. The summed E-state index contributed by atoms with van der Waals surface area (Å²) in [6.45, 7) is 2.83. The maximum atomic E-state index is 13.1. The van der Waals surface area contributed by atoms with Gasteiger partial charge in [0.05, 0.1) is 18.3 Å². The van der Waals surface area contributed by atoms with E-state index < -0.39 is 0 Å². The predicted octanol–water partition coefficient (Wildman–Crippen LogP) is 2.04. The van der Waals surface area contributed by atoms with Gasteiger partial charge in [0.15, 0.2) is 5.69 Å². The molecule has 1 aromatic carbocycles. The van der Waals surface area contributed by atoms with E-state index >= 15 is 0 Å². The van der Waals surface area contributed by atoms with Gasteiger partial charge in [-0.2, -0.15) is 10.2 Å². The maximum Gasteiger partial charge on any atom is 0.272 e. The van der Waals surface area contributed by atoms with Crippen LogP contribution in [-0.2, 0) is 31.2 Å². The Balaban J connectivity index is 1.34. The molecule has 2 aromatic heterocycles. The van der Waals surface area contributed by atoms with Crippen molar-refractivity contribution in [2.24, 2.45) is 7.05 Å². The van der Waals surface area contributed by atoms with E-state index in [9.17, 15) is 9.59 Å². The highest BCUT2D eigenvalue weighted by molar-refractivity contribution is 5.94. The number of nitrogens with one attached hydrogen (secondary N) is 2. The summed E-state index contributed by atoms with van der Waals surface area (Å²) in [5.41, 5.74) is 4.52. The molecule has 1 aliphatic heterocycles. The van der Waals surface area contributed by atoms with Crippen LogP contribution in [-0.4, -0.2) is 81.4 Å². The van der Waals surface area contributed by atoms with Crippen molar-refractivity contribution >= 4 is 22.7 Å². The number of amides is 2. The summed E-state index contributed by atoms with van der Waals surface area (Å²) in [5.74, 6) is 0.821. The second-order valence-corrected chi connectivity index (χ2v) is 9.87. The van der Waals surface area contributed by atoms with Crippen LogP contribution < -0.4 is 10.1 Å². The Kier molecular flexibility index (Phi) is 6.95. The molecule has 1 aliphatic carbocycles. The number of hydrogen-bond acceptors (Lipinski definition) is 6. The van der Waals surface area contributed by atoms with E-state index in [1.54, 1.807) is 7.11 Å². The second-order valence-electron chi connectivity index (χ2n) is 9.87. The number of H-pyrrole nitrogens is 1. The average molecular weight is 494 g/mol. The maximum absolute atomic E-state index is 13.1. The van der Waals surface area contributed by atoms with Crippen LogP contribution in [0.15, 0.2) is 18.2 Å². The van der Waals surface area contributed by atoms with E-state index in [-0.39, 0.29) is 17.9 Å². The molecule has 36 heavy (non-hydrogen) atoms. The van der Waals surface area contributed by atoms with Crippen LogP contribution in [0.2, 0.25) is 0 Å².